The van der Waals surface area contributed by atoms with Crippen LogP contribution in [0.3, 0.4) is 0 Å². The molecular weight excluding hydrogens is 190 g/mol. The second-order valence-corrected chi connectivity index (χ2v) is 5.44. The molecule has 1 aliphatic heterocycles. The molecule has 0 radical (unpaired) electrons. The van der Waals surface area contributed by atoms with Crippen molar-refractivity contribution in [2.75, 3.05) is 7.05 Å². The van der Waals surface area contributed by atoms with E-state index in [0.717, 1.165) is 0 Å². The van der Waals surface area contributed by atoms with Crippen LogP contribution in [0.4, 0.5) is 0 Å². The van der Waals surface area contributed by atoms with E-state index >= 15 is 0 Å². The minimum atomic E-state index is 0.634. The van der Waals surface area contributed by atoms with Crippen LogP contribution in [0.15, 0.2) is 30.3 Å². The van der Waals surface area contributed by atoms with Crippen LogP contribution < -0.4 is 0 Å². The van der Waals surface area contributed by atoms with Crippen molar-refractivity contribution in [3.63, 3.8) is 0 Å². The number of nitrogens with zero attached hydrogens (tertiary/aromatic N) is 1. The van der Waals surface area contributed by atoms with Gasteiger partial charge in [-0.05, 0) is 26.5 Å². The molecule has 2 rings (SSSR count). The van der Waals surface area contributed by atoms with Gasteiger partial charge in [-0.25, -0.2) is 0 Å². The van der Waals surface area contributed by atoms with Gasteiger partial charge in [0.15, 0.2) is 0 Å². The van der Waals surface area contributed by atoms with Crippen molar-refractivity contribution in [2.45, 2.75) is 30.5 Å². The molecule has 2 heteroatoms. The molecule has 0 unspecified atom stereocenters. The highest BCUT2D eigenvalue weighted by Gasteiger charge is 2.34. The van der Waals surface area contributed by atoms with Crippen molar-refractivity contribution in [1.82, 2.24) is 4.90 Å². The molecule has 0 bridgehead atoms. The maximum atomic E-state index is 2.45. The van der Waals surface area contributed by atoms with E-state index in [0.29, 0.717) is 16.7 Å². The summed E-state index contributed by atoms with van der Waals surface area (Å²) in [6, 6.07) is 11.5. The first kappa shape index (κ1) is 10.1. The van der Waals surface area contributed by atoms with Crippen LogP contribution >= 0.6 is 11.8 Å². The highest BCUT2D eigenvalue weighted by atomic mass is 32.2. The summed E-state index contributed by atoms with van der Waals surface area (Å²) in [5, 5.41) is 1.27. The molecule has 0 aliphatic carbocycles. The number of benzene rings is 1. The molecule has 1 nitrogen and oxygen atoms in total. The lowest BCUT2D eigenvalue weighted by molar-refractivity contribution is 0.271. The highest BCUT2D eigenvalue weighted by molar-refractivity contribution is 8.00. The summed E-state index contributed by atoms with van der Waals surface area (Å²) >= 11 is 2.06. The van der Waals surface area contributed by atoms with E-state index in [-0.39, 0.29) is 0 Å². The van der Waals surface area contributed by atoms with E-state index in [1.165, 1.54) is 5.56 Å². The summed E-state index contributed by atoms with van der Waals surface area (Å²) in [4.78, 5) is 2.45. The number of thioether (sulfide) groups is 1. The van der Waals surface area contributed by atoms with Crippen LogP contribution in [0.5, 0.6) is 0 Å². The van der Waals surface area contributed by atoms with E-state index in [9.17, 15) is 0 Å². The first-order valence-corrected chi connectivity index (χ1v) is 6.07. The van der Waals surface area contributed by atoms with Gasteiger partial charge in [-0.3, -0.25) is 4.90 Å². The molecule has 3 atom stereocenters. The van der Waals surface area contributed by atoms with Crippen molar-refractivity contribution in [3.8, 4) is 0 Å². The Labute approximate surface area is 90.5 Å². The third kappa shape index (κ3) is 1.69. The molecule has 1 aromatic rings. The quantitative estimate of drug-likeness (QED) is 0.696. The minimum absolute atomic E-state index is 0.634. The van der Waals surface area contributed by atoms with E-state index in [2.05, 4.69) is 67.9 Å². The Morgan fingerprint density at radius 1 is 1.14 bits per heavy atom. The van der Waals surface area contributed by atoms with Crippen LogP contribution in [-0.2, 0) is 0 Å². The fraction of sp³-hybridized carbons (Fsp3) is 0.500. The van der Waals surface area contributed by atoms with Crippen LogP contribution in [0.1, 0.15) is 24.7 Å². The number of hydrogen-bond donors (Lipinski definition) is 0. The second kappa shape index (κ2) is 3.95. The lowest BCUT2D eigenvalue weighted by Crippen LogP contribution is -2.29. The fourth-order valence-corrected chi connectivity index (χ4v) is 3.51. The van der Waals surface area contributed by atoms with E-state index in [1.807, 2.05) is 0 Å². The monoisotopic (exact) mass is 207 g/mol. The van der Waals surface area contributed by atoms with Gasteiger partial charge < -0.3 is 0 Å². The van der Waals surface area contributed by atoms with E-state index < -0.39 is 0 Å². The highest BCUT2D eigenvalue weighted by Crippen LogP contribution is 2.44. The van der Waals surface area contributed by atoms with Crippen LogP contribution in [0, 0.1) is 0 Å². The first-order chi connectivity index (χ1) is 6.70. The smallest absolute Gasteiger partial charge is 0.0535 e. The predicted molar refractivity (Wildman–Crippen MR) is 63.5 cm³/mol. The van der Waals surface area contributed by atoms with Crippen molar-refractivity contribution >= 4 is 11.8 Å². The Hall–Kier alpha value is -0.470. The van der Waals surface area contributed by atoms with Crippen molar-refractivity contribution in [3.05, 3.63) is 35.9 Å². The average Bonchev–Trinajstić information content (AvgIpc) is 2.47. The topological polar surface area (TPSA) is 3.24 Å². The molecule has 14 heavy (non-hydrogen) atoms. The summed E-state index contributed by atoms with van der Waals surface area (Å²) < 4.78 is 0. The Kier molecular flexibility index (Phi) is 2.84. The van der Waals surface area contributed by atoms with Gasteiger partial charge >= 0.3 is 0 Å². The third-order valence-corrected chi connectivity index (χ3v) is 4.81. The Bertz CT molecular complexity index is 298. The average molecular weight is 207 g/mol. The maximum Gasteiger partial charge on any atom is 0.0535 e. The van der Waals surface area contributed by atoms with Gasteiger partial charge in [0.25, 0.3) is 0 Å². The second-order valence-electron chi connectivity index (χ2n) is 3.97. The van der Waals surface area contributed by atoms with Gasteiger partial charge in [-0.15, -0.1) is 11.8 Å². The van der Waals surface area contributed by atoms with Gasteiger partial charge in [0.2, 0.25) is 0 Å². The number of likely N-dealkylation sites (N-methyl/N-ethyl adjacent to an activating group) is 1. The zero-order chi connectivity index (χ0) is 10.1. The van der Waals surface area contributed by atoms with E-state index in [4.69, 9.17) is 0 Å². The molecule has 1 fully saturated rings. The summed E-state index contributed by atoms with van der Waals surface area (Å²) in [5.41, 5.74) is 1.46. The molecular formula is C12H17NS. The summed E-state index contributed by atoms with van der Waals surface area (Å²) in [6.07, 6.45) is 0. The van der Waals surface area contributed by atoms with Crippen LogP contribution in [0.2, 0.25) is 0 Å². The molecule has 1 aliphatic rings. The van der Waals surface area contributed by atoms with Gasteiger partial charge in [0.05, 0.1) is 5.37 Å². The van der Waals surface area contributed by atoms with Gasteiger partial charge in [0, 0.05) is 11.3 Å². The molecule has 0 spiro atoms. The van der Waals surface area contributed by atoms with Gasteiger partial charge in [-0.1, -0.05) is 30.3 Å². The summed E-state index contributed by atoms with van der Waals surface area (Å²) in [6.45, 7) is 4.60. The molecule has 76 valence electrons. The Morgan fingerprint density at radius 3 is 2.29 bits per heavy atom. The van der Waals surface area contributed by atoms with Crippen molar-refractivity contribution < 1.29 is 0 Å². The number of rotatable bonds is 1. The standard InChI is InChI=1S/C12H17NS/c1-9-12(14-10(2)13(9)3)11-7-5-4-6-8-11/h4-10,12H,1-3H3/t9-,10+,12+/m1/s1. The fourth-order valence-electron chi connectivity index (χ4n) is 1.97. The van der Waals surface area contributed by atoms with Gasteiger partial charge in [0.1, 0.15) is 0 Å². The predicted octanol–water partition coefficient (Wildman–Crippen LogP) is 3.14. The first-order valence-electron chi connectivity index (χ1n) is 5.12. The molecule has 0 saturated carbocycles. The van der Waals surface area contributed by atoms with E-state index in [1.54, 1.807) is 0 Å². The van der Waals surface area contributed by atoms with Crippen molar-refractivity contribution in [2.24, 2.45) is 0 Å². The zero-order valence-corrected chi connectivity index (χ0v) is 9.79. The van der Waals surface area contributed by atoms with Crippen LogP contribution in [0.25, 0.3) is 0 Å². The zero-order valence-electron chi connectivity index (χ0n) is 8.97. The van der Waals surface area contributed by atoms with Crippen molar-refractivity contribution in [1.29, 1.82) is 0 Å². The summed E-state index contributed by atoms with van der Waals surface area (Å²) in [7, 11) is 2.21. The lowest BCUT2D eigenvalue weighted by Gasteiger charge is -2.20. The maximum absolute atomic E-state index is 2.45. The molecule has 1 saturated heterocycles. The SMILES string of the molecule is C[C@@H]1S[C@H](c2ccccc2)[C@@H](C)N1C. The molecule has 0 aromatic heterocycles. The Morgan fingerprint density at radius 2 is 1.79 bits per heavy atom. The van der Waals surface area contributed by atoms with Gasteiger partial charge in [-0.2, -0.15) is 0 Å². The Balaban J connectivity index is 2.21. The minimum Gasteiger partial charge on any atom is -0.291 e. The molecule has 1 aromatic carbocycles. The normalized spacial score (nSPS) is 33.5. The lowest BCUT2D eigenvalue weighted by atomic mass is 10.1. The van der Waals surface area contributed by atoms with Crippen LogP contribution in [-0.4, -0.2) is 23.4 Å². The number of hydrogen-bond acceptors (Lipinski definition) is 2. The molecule has 0 N–H and O–H groups in total. The third-order valence-electron chi connectivity index (χ3n) is 3.13. The largest absolute Gasteiger partial charge is 0.291 e. The molecule has 1 heterocycles. The summed E-state index contributed by atoms with van der Waals surface area (Å²) in [5.74, 6) is 0. The molecule has 0 amide bonds.